The fourth-order valence-electron chi connectivity index (χ4n) is 1.99. The molecule has 0 amide bonds. The summed E-state index contributed by atoms with van der Waals surface area (Å²) in [6, 6.07) is 7.54. The van der Waals surface area contributed by atoms with Crippen molar-refractivity contribution in [3.05, 3.63) is 40.3 Å². The molecule has 0 aliphatic heterocycles. The summed E-state index contributed by atoms with van der Waals surface area (Å²) in [6.07, 6.45) is -3.08. The number of hydrogen-bond acceptors (Lipinski definition) is 2. The Hall–Kier alpha value is -1.36. The van der Waals surface area contributed by atoms with Crippen LogP contribution in [0.3, 0.4) is 0 Å². The van der Waals surface area contributed by atoms with Gasteiger partial charge in [-0.3, -0.25) is 0 Å². The van der Waals surface area contributed by atoms with Crippen molar-refractivity contribution in [2.24, 2.45) is 0 Å². The molecule has 19 heavy (non-hydrogen) atoms. The van der Waals surface area contributed by atoms with Crippen LogP contribution in [0, 0.1) is 0 Å². The molecule has 0 saturated heterocycles. The average Bonchev–Trinajstić information content (AvgIpc) is 2.82. The second-order valence-corrected chi connectivity index (χ2v) is 5.01. The van der Waals surface area contributed by atoms with Crippen LogP contribution in [0.25, 0.3) is 11.3 Å². The molecule has 1 heterocycles. The first-order valence-corrected chi connectivity index (χ1v) is 6.89. The first-order valence-electron chi connectivity index (χ1n) is 6.12. The van der Waals surface area contributed by atoms with Crippen LogP contribution in [-0.4, -0.2) is 4.37 Å². The summed E-state index contributed by atoms with van der Waals surface area (Å²) in [6.45, 7) is 3.76. The minimum Gasteiger partial charge on any atom is -0.192 e. The zero-order valence-corrected chi connectivity index (χ0v) is 11.5. The Kier molecular flexibility index (Phi) is 3.94. The number of hydrogen-bond donors (Lipinski definition) is 0. The van der Waals surface area contributed by atoms with E-state index in [2.05, 4.69) is 4.37 Å². The van der Waals surface area contributed by atoms with E-state index in [1.54, 1.807) is 6.92 Å². The van der Waals surface area contributed by atoms with Gasteiger partial charge < -0.3 is 0 Å². The van der Waals surface area contributed by atoms with Crippen LogP contribution in [0.5, 0.6) is 0 Å². The number of alkyl halides is 3. The lowest BCUT2D eigenvalue weighted by Crippen LogP contribution is -2.05. The fourth-order valence-corrected chi connectivity index (χ4v) is 2.84. The summed E-state index contributed by atoms with van der Waals surface area (Å²) < 4.78 is 42.6. The summed E-state index contributed by atoms with van der Waals surface area (Å²) in [7, 11) is 0. The lowest BCUT2D eigenvalue weighted by molar-refractivity contribution is -0.134. The largest absolute Gasteiger partial charge is 0.427 e. The van der Waals surface area contributed by atoms with Crippen LogP contribution < -0.4 is 0 Å². The third-order valence-electron chi connectivity index (χ3n) is 3.03. The zero-order chi connectivity index (χ0) is 14.0. The molecular weight excluding hydrogens is 271 g/mol. The molecule has 1 aromatic carbocycles. The van der Waals surface area contributed by atoms with Crippen molar-refractivity contribution in [3.8, 4) is 11.3 Å². The van der Waals surface area contributed by atoms with Crippen molar-refractivity contribution in [2.75, 3.05) is 0 Å². The minimum absolute atomic E-state index is 0.293. The SMILES string of the molecule is CCc1ccc(-c2nsc(C(F)(F)F)c2CC)cc1. The molecule has 0 saturated carbocycles. The highest BCUT2D eigenvalue weighted by Crippen LogP contribution is 2.39. The van der Waals surface area contributed by atoms with E-state index in [0.29, 0.717) is 29.2 Å². The molecule has 102 valence electrons. The van der Waals surface area contributed by atoms with E-state index in [1.165, 1.54) is 0 Å². The van der Waals surface area contributed by atoms with Gasteiger partial charge in [-0.15, -0.1) is 0 Å². The quantitative estimate of drug-likeness (QED) is 0.777. The van der Waals surface area contributed by atoms with E-state index < -0.39 is 11.1 Å². The van der Waals surface area contributed by atoms with Crippen molar-refractivity contribution >= 4 is 11.5 Å². The average molecular weight is 285 g/mol. The summed E-state index contributed by atoms with van der Waals surface area (Å²) in [5, 5.41) is 0. The summed E-state index contributed by atoms with van der Waals surface area (Å²) in [5.41, 5.74) is 2.66. The highest BCUT2D eigenvalue weighted by atomic mass is 32.1. The predicted octanol–water partition coefficient (Wildman–Crippen LogP) is 4.95. The van der Waals surface area contributed by atoms with Crippen LogP contribution in [0.4, 0.5) is 13.2 Å². The maximum Gasteiger partial charge on any atom is 0.427 e. The molecule has 0 bridgehead atoms. The normalized spacial score (nSPS) is 11.8. The number of rotatable bonds is 3. The van der Waals surface area contributed by atoms with E-state index in [1.807, 2.05) is 31.2 Å². The van der Waals surface area contributed by atoms with E-state index in [9.17, 15) is 13.2 Å². The van der Waals surface area contributed by atoms with Crippen LogP contribution in [0.15, 0.2) is 24.3 Å². The van der Waals surface area contributed by atoms with Gasteiger partial charge in [0.1, 0.15) is 4.88 Å². The second kappa shape index (κ2) is 5.33. The second-order valence-electron chi connectivity index (χ2n) is 4.24. The third-order valence-corrected chi connectivity index (χ3v) is 3.97. The molecule has 0 spiro atoms. The van der Waals surface area contributed by atoms with Gasteiger partial charge in [0.05, 0.1) is 5.69 Å². The Balaban J connectivity index is 2.47. The Morgan fingerprint density at radius 2 is 1.68 bits per heavy atom. The van der Waals surface area contributed by atoms with Gasteiger partial charge in [0.2, 0.25) is 0 Å². The number of benzene rings is 1. The Morgan fingerprint density at radius 3 is 2.16 bits per heavy atom. The Morgan fingerprint density at radius 1 is 1.05 bits per heavy atom. The standard InChI is InChI=1S/C14H14F3NS/c1-3-9-5-7-10(8-6-9)12-11(4-2)13(19-18-12)14(15,16)17/h5-8H,3-4H2,1-2H3. The van der Waals surface area contributed by atoms with Gasteiger partial charge in [0.25, 0.3) is 0 Å². The number of aromatic nitrogens is 1. The fraction of sp³-hybridized carbons (Fsp3) is 0.357. The van der Waals surface area contributed by atoms with E-state index >= 15 is 0 Å². The Labute approximate surface area is 114 Å². The molecule has 0 atom stereocenters. The number of nitrogens with zero attached hydrogens (tertiary/aromatic N) is 1. The van der Waals surface area contributed by atoms with Crippen LogP contribution in [0.2, 0.25) is 0 Å². The van der Waals surface area contributed by atoms with Gasteiger partial charge in [-0.05, 0) is 29.9 Å². The van der Waals surface area contributed by atoms with Crippen molar-refractivity contribution in [2.45, 2.75) is 32.9 Å². The molecule has 0 aliphatic carbocycles. The smallest absolute Gasteiger partial charge is 0.192 e. The maximum absolute atomic E-state index is 12.9. The Bertz CT molecular complexity index is 555. The van der Waals surface area contributed by atoms with Gasteiger partial charge in [-0.2, -0.15) is 17.5 Å². The summed E-state index contributed by atoms with van der Waals surface area (Å²) in [4.78, 5) is -0.579. The molecule has 5 heteroatoms. The van der Waals surface area contributed by atoms with E-state index in [0.717, 1.165) is 17.5 Å². The monoisotopic (exact) mass is 285 g/mol. The molecule has 0 aliphatic rings. The van der Waals surface area contributed by atoms with Crippen molar-refractivity contribution < 1.29 is 13.2 Å². The van der Waals surface area contributed by atoms with Crippen LogP contribution >= 0.6 is 11.5 Å². The van der Waals surface area contributed by atoms with Gasteiger partial charge in [0.15, 0.2) is 0 Å². The molecule has 2 rings (SSSR count). The highest BCUT2D eigenvalue weighted by Gasteiger charge is 2.37. The van der Waals surface area contributed by atoms with Crippen molar-refractivity contribution in [1.29, 1.82) is 0 Å². The first kappa shape index (κ1) is 14.1. The van der Waals surface area contributed by atoms with Gasteiger partial charge in [-0.25, -0.2) is 0 Å². The van der Waals surface area contributed by atoms with Gasteiger partial charge in [0, 0.05) is 11.1 Å². The maximum atomic E-state index is 12.9. The molecule has 1 aromatic heterocycles. The van der Waals surface area contributed by atoms with Crippen molar-refractivity contribution in [1.82, 2.24) is 4.37 Å². The topological polar surface area (TPSA) is 12.9 Å². The highest BCUT2D eigenvalue weighted by molar-refractivity contribution is 7.06. The van der Waals surface area contributed by atoms with E-state index in [4.69, 9.17) is 0 Å². The van der Waals surface area contributed by atoms with E-state index in [-0.39, 0.29) is 0 Å². The van der Waals surface area contributed by atoms with Crippen LogP contribution in [-0.2, 0) is 19.0 Å². The van der Waals surface area contributed by atoms with Crippen LogP contribution in [0.1, 0.15) is 29.9 Å². The van der Waals surface area contributed by atoms with Gasteiger partial charge in [-0.1, -0.05) is 38.1 Å². The number of aryl methyl sites for hydroxylation is 1. The first-order chi connectivity index (χ1) is 8.97. The predicted molar refractivity (Wildman–Crippen MR) is 71.3 cm³/mol. The lowest BCUT2D eigenvalue weighted by Gasteiger charge is -2.07. The molecule has 2 aromatic rings. The molecule has 1 nitrogen and oxygen atoms in total. The summed E-state index contributed by atoms with van der Waals surface area (Å²) >= 11 is 0.537. The lowest BCUT2D eigenvalue weighted by atomic mass is 10.0. The van der Waals surface area contributed by atoms with Crippen molar-refractivity contribution in [3.63, 3.8) is 0 Å². The molecule has 0 N–H and O–H groups in total. The summed E-state index contributed by atoms with van der Waals surface area (Å²) in [5.74, 6) is 0. The molecule has 0 fully saturated rings. The molecular formula is C14H14F3NS. The zero-order valence-electron chi connectivity index (χ0n) is 10.7. The minimum atomic E-state index is -4.31. The molecule has 0 unspecified atom stereocenters. The molecule has 0 radical (unpaired) electrons. The number of halogens is 3. The van der Waals surface area contributed by atoms with Gasteiger partial charge >= 0.3 is 6.18 Å². The third kappa shape index (κ3) is 2.81.